The van der Waals surface area contributed by atoms with E-state index in [2.05, 4.69) is 10.3 Å². The zero-order valence-corrected chi connectivity index (χ0v) is 16.6. The Kier molecular flexibility index (Phi) is 5.44. The third kappa shape index (κ3) is 3.94. The number of carbonyl (C=O) groups is 1. The molecule has 0 radical (unpaired) electrons. The number of amides is 1. The highest BCUT2D eigenvalue weighted by atomic mass is 16.5. The molecule has 0 saturated carbocycles. The Balaban J connectivity index is 1.69. The Morgan fingerprint density at radius 2 is 1.78 bits per heavy atom. The number of hydrogen-bond donors (Lipinski definition) is 0. The van der Waals surface area contributed by atoms with Crippen LogP contribution in [0.15, 0.2) is 34.9 Å². The highest BCUT2D eigenvalue weighted by Gasteiger charge is 2.18. The zero-order chi connectivity index (χ0) is 19.6. The maximum absolute atomic E-state index is 12.6. The van der Waals surface area contributed by atoms with Crippen molar-refractivity contribution >= 4 is 5.91 Å². The molecule has 0 N–H and O–H groups in total. The average molecular weight is 366 g/mol. The van der Waals surface area contributed by atoms with E-state index in [1.807, 2.05) is 69.8 Å². The number of aryl methyl sites for hydroxylation is 3. The second-order valence-corrected chi connectivity index (χ2v) is 6.95. The van der Waals surface area contributed by atoms with Gasteiger partial charge < -0.3 is 9.42 Å². The van der Waals surface area contributed by atoms with E-state index in [0.717, 1.165) is 39.7 Å². The van der Waals surface area contributed by atoms with Crippen LogP contribution in [-0.2, 0) is 17.8 Å². The largest absolute Gasteiger partial charge is 0.361 e. The van der Waals surface area contributed by atoms with Gasteiger partial charge in [-0.1, -0.05) is 23.4 Å². The predicted molar refractivity (Wildman–Crippen MR) is 104 cm³/mol. The lowest BCUT2D eigenvalue weighted by Crippen LogP contribution is -2.27. The highest BCUT2D eigenvalue weighted by Crippen LogP contribution is 2.20. The molecule has 0 aliphatic rings. The molecule has 27 heavy (non-hydrogen) atoms. The first-order valence-electron chi connectivity index (χ1n) is 9.14. The summed E-state index contributed by atoms with van der Waals surface area (Å²) < 4.78 is 7.11. The maximum Gasteiger partial charge on any atom is 0.222 e. The minimum atomic E-state index is 0.0984. The molecule has 0 aliphatic carbocycles. The van der Waals surface area contributed by atoms with Gasteiger partial charge in [-0.15, -0.1) is 0 Å². The van der Waals surface area contributed by atoms with Crippen molar-refractivity contribution in [2.75, 3.05) is 7.05 Å². The Morgan fingerprint density at radius 1 is 1.07 bits per heavy atom. The van der Waals surface area contributed by atoms with Crippen LogP contribution < -0.4 is 0 Å². The summed E-state index contributed by atoms with van der Waals surface area (Å²) in [7, 11) is 1.84. The molecule has 3 rings (SSSR count). The van der Waals surface area contributed by atoms with Crippen molar-refractivity contribution < 1.29 is 9.32 Å². The lowest BCUT2D eigenvalue weighted by molar-refractivity contribution is -0.130. The molecule has 0 saturated heterocycles. The van der Waals surface area contributed by atoms with Crippen LogP contribution >= 0.6 is 0 Å². The summed E-state index contributed by atoms with van der Waals surface area (Å²) in [6.45, 7) is 8.37. The van der Waals surface area contributed by atoms with Gasteiger partial charge in [0.2, 0.25) is 5.91 Å². The van der Waals surface area contributed by atoms with Gasteiger partial charge >= 0.3 is 0 Å². The molecule has 142 valence electrons. The topological polar surface area (TPSA) is 64.2 Å². The van der Waals surface area contributed by atoms with Gasteiger partial charge in [0.05, 0.1) is 17.1 Å². The predicted octanol–water partition coefficient (Wildman–Crippen LogP) is 3.69. The van der Waals surface area contributed by atoms with Gasteiger partial charge in [0.25, 0.3) is 0 Å². The van der Waals surface area contributed by atoms with Gasteiger partial charge in [-0.3, -0.25) is 4.79 Å². The summed E-state index contributed by atoms with van der Waals surface area (Å²) in [5.41, 5.74) is 6.01. The maximum atomic E-state index is 12.6. The number of nitrogens with zero attached hydrogens (tertiary/aromatic N) is 4. The van der Waals surface area contributed by atoms with E-state index >= 15 is 0 Å². The first kappa shape index (κ1) is 18.9. The molecular formula is C21H26N4O2. The van der Waals surface area contributed by atoms with Gasteiger partial charge in [-0.2, -0.15) is 5.10 Å². The van der Waals surface area contributed by atoms with Crippen LogP contribution in [0.3, 0.4) is 0 Å². The lowest BCUT2D eigenvalue weighted by Gasteiger charge is -2.17. The van der Waals surface area contributed by atoms with Crippen molar-refractivity contribution in [1.29, 1.82) is 0 Å². The van der Waals surface area contributed by atoms with Crippen molar-refractivity contribution in [2.24, 2.45) is 0 Å². The minimum Gasteiger partial charge on any atom is -0.361 e. The molecule has 2 heterocycles. The van der Waals surface area contributed by atoms with Crippen LogP contribution in [0, 0.1) is 27.7 Å². The molecule has 1 amide bonds. The summed E-state index contributed by atoms with van der Waals surface area (Å²) >= 11 is 0. The van der Waals surface area contributed by atoms with E-state index in [0.29, 0.717) is 19.4 Å². The van der Waals surface area contributed by atoms with Gasteiger partial charge in [-0.25, -0.2) is 4.68 Å². The van der Waals surface area contributed by atoms with E-state index < -0.39 is 0 Å². The average Bonchev–Trinajstić information content (AvgIpc) is 3.13. The molecule has 1 aromatic carbocycles. The molecule has 6 nitrogen and oxygen atoms in total. The summed E-state index contributed by atoms with van der Waals surface area (Å²) in [5, 5.41) is 8.61. The zero-order valence-electron chi connectivity index (χ0n) is 16.6. The third-order valence-corrected chi connectivity index (χ3v) is 5.03. The van der Waals surface area contributed by atoms with Gasteiger partial charge in [0, 0.05) is 36.8 Å². The Morgan fingerprint density at radius 3 is 2.41 bits per heavy atom. The monoisotopic (exact) mass is 366 g/mol. The van der Waals surface area contributed by atoms with Crippen molar-refractivity contribution in [2.45, 2.75) is 47.1 Å². The van der Waals surface area contributed by atoms with Crippen molar-refractivity contribution in [3.63, 3.8) is 0 Å². The summed E-state index contributed by atoms with van der Waals surface area (Å²) in [6.07, 6.45) is 1.08. The van der Waals surface area contributed by atoms with E-state index in [4.69, 9.17) is 4.52 Å². The number of rotatable bonds is 6. The molecular weight excluding hydrogens is 340 g/mol. The summed E-state index contributed by atoms with van der Waals surface area (Å²) in [6, 6.07) is 10.0. The molecule has 0 spiro atoms. The van der Waals surface area contributed by atoms with E-state index in [1.165, 1.54) is 0 Å². The SMILES string of the molecule is Cc1noc(C)c1CCC(=O)N(C)Cc1c(C)nn(-c2ccccc2)c1C. The molecule has 0 atom stereocenters. The molecule has 0 fully saturated rings. The number of hydrogen-bond acceptors (Lipinski definition) is 4. The molecule has 0 aliphatic heterocycles. The Bertz CT molecular complexity index is 921. The van der Waals surface area contributed by atoms with E-state index in [-0.39, 0.29) is 5.91 Å². The molecule has 0 unspecified atom stereocenters. The van der Waals surface area contributed by atoms with Crippen molar-refractivity contribution in [3.05, 3.63) is 64.3 Å². The Hall–Kier alpha value is -2.89. The lowest BCUT2D eigenvalue weighted by atomic mass is 10.1. The molecule has 3 aromatic rings. The van der Waals surface area contributed by atoms with Crippen LogP contribution in [0.5, 0.6) is 0 Å². The minimum absolute atomic E-state index is 0.0984. The van der Waals surface area contributed by atoms with Crippen LogP contribution in [0.2, 0.25) is 0 Å². The smallest absolute Gasteiger partial charge is 0.222 e. The van der Waals surface area contributed by atoms with Gasteiger partial charge in [0.15, 0.2) is 0 Å². The molecule has 0 bridgehead atoms. The third-order valence-electron chi connectivity index (χ3n) is 5.03. The first-order valence-corrected chi connectivity index (χ1v) is 9.14. The summed E-state index contributed by atoms with van der Waals surface area (Å²) in [5.74, 6) is 0.889. The number of aromatic nitrogens is 3. The van der Waals surface area contributed by atoms with E-state index in [1.54, 1.807) is 4.90 Å². The van der Waals surface area contributed by atoms with Crippen LogP contribution in [-0.4, -0.2) is 32.8 Å². The van der Waals surface area contributed by atoms with Crippen LogP contribution in [0.1, 0.15) is 40.4 Å². The fraction of sp³-hybridized carbons (Fsp3) is 0.381. The summed E-state index contributed by atoms with van der Waals surface area (Å²) in [4.78, 5) is 14.4. The Labute approximate surface area is 159 Å². The molecule has 6 heteroatoms. The van der Waals surface area contributed by atoms with E-state index in [9.17, 15) is 4.79 Å². The van der Waals surface area contributed by atoms with Gasteiger partial charge in [-0.05, 0) is 46.2 Å². The standard InChI is InChI=1S/C21H26N4O2/c1-14-20(16(3)25(22-14)18-9-7-6-8-10-18)13-24(5)21(26)12-11-19-15(2)23-27-17(19)4/h6-10H,11-13H2,1-5H3. The van der Waals surface area contributed by atoms with Gasteiger partial charge in [0.1, 0.15) is 5.76 Å². The number of para-hydroxylation sites is 1. The fourth-order valence-corrected chi connectivity index (χ4v) is 3.33. The number of carbonyl (C=O) groups excluding carboxylic acids is 1. The second-order valence-electron chi connectivity index (χ2n) is 6.95. The quantitative estimate of drug-likeness (QED) is 0.667. The van der Waals surface area contributed by atoms with Crippen molar-refractivity contribution in [1.82, 2.24) is 19.8 Å². The van der Waals surface area contributed by atoms with Crippen LogP contribution in [0.4, 0.5) is 0 Å². The normalized spacial score (nSPS) is 11.0. The van der Waals surface area contributed by atoms with Crippen LogP contribution in [0.25, 0.3) is 5.69 Å². The second kappa shape index (κ2) is 7.78. The molecule has 2 aromatic heterocycles. The van der Waals surface area contributed by atoms with Crippen molar-refractivity contribution in [3.8, 4) is 5.69 Å². The number of benzene rings is 1. The fourth-order valence-electron chi connectivity index (χ4n) is 3.33. The highest BCUT2D eigenvalue weighted by molar-refractivity contribution is 5.76. The first-order chi connectivity index (χ1) is 12.9.